The molecule has 4 aromatic rings. The van der Waals surface area contributed by atoms with Gasteiger partial charge in [-0.25, -0.2) is 9.97 Å². The highest BCUT2D eigenvalue weighted by Crippen LogP contribution is 2.13. The summed E-state index contributed by atoms with van der Waals surface area (Å²) in [6.07, 6.45) is 0. The fraction of sp³-hybridized carbons (Fsp3) is 0.125. The second-order valence-electron chi connectivity index (χ2n) is 4.40. The van der Waals surface area contributed by atoms with Crippen LogP contribution < -0.4 is 0 Å². The first-order valence-electron chi connectivity index (χ1n) is 6.37. The molecule has 0 atom stereocenters. The zero-order valence-corrected chi connectivity index (χ0v) is 11.3. The van der Waals surface area contributed by atoms with Crippen molar-refractivity contribution in [2.75, 3.05) is 0 Å². The van der Waals surface area contributed by atoms with Gasteiger partial charge < -0.3 is 8.83 Å². The summed E-state index contributed by atoms with van der Waals surface area (Å²) in [5, 5.41) is 0. The molecule has 0 spiro atoms. The van der Waals surface area contributed by atoms with Gasteiger partial charge in [0.25, 0.3) is 0 Å². The minimum Gasteiger partial charge on any atom is -0.441 e. The number of aromatic nitrogens is 2. The van der Waals surface area contributed by atoms with Crippen LogP contribution in [0.1, 0.15) is 11.8 Å². The number of nitrogens with zero attached hydrogens (tertiary/aromatic N) is 2. The molecule has 0 amide bonds. The van der Waals surface area contributed by atoms with Gasteiger partial charge in [0.1, 0.15) is 11.0 Å². The van der Waals surface area contributed by atoms with E-state index in [9.17, 15) is 0 Å². The van der Waals surface area contributed by atoms with Gasteiger partial charge in [0.05, 0.1) is 0 Å². The lowest BCUT2D eigenvalue weighted by molar-refractivity contribution is 0.560. The quantitative estimate of drug-likeness (QED) is 0.477. The van der Waals surface area contributed by atoms with E-state index in [0.717, 1.165) is 34.0 Å². The van der Waals surface area contributed by atoms with Crippen molar-refractivity contribution < 1.29 is 8.83 Å². The zero-order chi connectivity index (χ0) is 13.9. The standard InChI is InChI=1S/2C8H7NO/c2*1-6-9-7-4-2-3-5-8(7)10-6/h2*2-5H,1H3. The SMILES string of the molecule is Cc1nc2ccccc2o1.Cc1nc2ccccc2o1. The van der Waals surface area contributed by atoms with Crippen molar-refractivity contribution in [3.05, 3.63) is 60.3 Å². The maximum atomic E-state index is 5.26. The number of hydrogen-bond donors (Lipinski definition) is 0. The molecule has 0 aliphatic heterocycles. The van der Waals surface area contributed by atoms with E-state index in [1.165, 1.54) is 0 Å². The van der Waals surface area contributed by atoms with Crippen molar-refractivity contribution in [2.45, 2.75) is 13.8 Å². The van der Waals surface area contributed by atoms with Crippen LogP contribution in [0.2, 0.25) is 0 Å². The van der Waals surface area contributed by atoms with Crippen molar-refractivity contribution >= 4 is 22.2 Å². The van der Waals surface area contributed by atoms with Gasteiger partial charge in [0, 0.05) is 13.8 Å². The van der Waals surface area contributed by atoms with Crippen LogP contribution in [-0.2, 0) is 0 Å². The predicted octanol–water partition coefficient (Wildman–Crippen LogP) is 4.27. The summed E-state index contributed by atoms with van der Waals surface area (Å²) >= 11 is 0. The molecule has 0 aliphatic carbocycles. The molecule has 0 unspecified atom stereocenters. The third kappa shape index (κ3) is 2.54. The van der Waals surface area contributed by atoms with Crippen LogP contribution >= 0.6 is 0 Å². The van der Waals surface area contributed by atoms with Gasteiger partial charge in [0.2, 0.25) is 0 Å². The predicted molar refractivity (Wildman–Crippen MR) is 77.5 cm³/mol. The Morgan fingerprint density at radius 2 is 1.05 bits per heavy atom. The largest absolute Gasteiger partial charge is 0.441 e. The maximum absolute atomic E-state index is 5.26. The van der Waals surface area contributed by atoms with E-state index in [0.29, 0.717) is 0 Å². The van der Waals surface area contributed by atoms with E-state index in [1.54, 1.807) is 0 Å². The molecule has 0 fully saturated rings. The number of fused-ring (bicyclic) bond motifs is 2. The molecule has 4 heteroatoms. The van der Waals surface area contributed by atoms with Gasteiger partial charge in [-0.2, -0.15) is 0 Å². The molecular formula is C16H14N2O2. The van der Waals surface area contributed by atoms with Gasteiger partial charge in [-0.3, -0.25) is 0 Å². The van der Waals surface area contributed by atoms with E-state index in [4.69, 9.17) is 8.83 Å². The smallest absolute Gasteiger partial charge is 0.192 e. The van der Waals surface area contributed by atoms with Crippen LogP contribution in [0.3, 0.4) is 0 Å². The van der Waals surface area contributed by atoms with Crippen LogP contribution in [0, 0.1) is 13.8 Å². The Labute approximate surface area is 116 Å². The highest BCUT2D eigenvalue weighted by Gasteiger charge is 1.98. The third-order valence-corrected chi connectivity index (χ3v) is 2.80. The van der Waals surface area contributed by atoms with E-state index in [1.807, 2.05) is 62.4 Å². The molecule has 20 heavy (non-hydrogen) atoms. The molecule has 0 aliphatic rings. The Morgan fingerprint density at radius 3 is 1.45 bits per heavy atom. The molecule has 0 saturated carbocycles. The minimum atomic E-state index is 0.723. The molecule has 0 saturated heterocycles. The van der Waals surface area contributed by atoms with Gasteiger partial charge in [-0.05, 0) is 24.3 Å². The molecule has 0 radical (unpaired) electrons. The fourth-order valence-electron chi connectivity index (χ4n) is 1.97. The van der Waals surface area contributed by atoms with Crippen LogP contribution in [0.25, 0.3) is 22.2 Å². The topological polar surface area (TPSA) is 52.1 Å². The molecule has 2 heterocycles. The lowest BCUT2D eigenvalue weighted by atomic mass is 10.3. The normalized spacial score (nSPS) is 10.5. The summed E-state index contributed by atoms with van der Waals surface area (Å²) in [7, 11) is 0. The molecule has 0 N–H and O–H groups in total. The summed E-state index contributed by atoms with van der Waals surface area (Å²) < 4.78 is 10.5. The number of oxazole rings is 2. The Bertz CT molecular complexity index is 708. The van der Waals surface area contributed by atoms with E-state index >= 15 is 0 Å². The number of rotatable bonds is 0. The summed E-state index contributed by atoms with van der Waals surface area (Å²) in [6.45, 7) is 3.69. The van der Waals surface area contributed by atoms with Gasteiger partial charge in [0.15, 0.2) is 22.9 Å². The van der Waals surface area contributed by atoms with Crippen molar-refractivity contribution in [3.8, 4) is 0 Å². The Morgan fingerprint density at radius 1 is 0.650 bits per heavy atom. The first kappa shape index (κ1) is 12.4. The van der Waals surface area contributed by atoms with E-state index in [2.05, 4.69) is 9.97 Å². The molecule has 4 nitrogen and oxygen atoms in total. The van der Waals surface area contributed by atoms with Gasteiger partial charge >= 0.3 is 0 Å². The zero-order valence-electron chi connectivity index (χ0n) is 11.3. The fourth-order valence-corrected chi connectivity index (χ4v) is 1.97. The van der Waals surface area contributed by atoms with Crippen LogP contribution in [0.5, 0.6) is 0 Å². The van der Waals surface area contributed by atoms with Crippen molar-refractivity contribution in [1.29, 1.82) is 0 Å². The number of para-hydroxylation sites is 4. The summed E-state index contributed by atoms with van der Waals surface area (Å²) in [4.78, 5) is 8.29. The summed E-state index contributed by atoms with van der Waals surface area (Å²) in [6, 6.07) is 15.5. The van der Waals surface area contributed by atoms with Gasteiger partial charge in [-0.15, -0.1) is 0 Å². The molecule has 0 bridgehead atoms. The molecule has 2 aromatic carbocycles. The van der Waals surface area contributed by atoms with Crippen LogP contribution in [0.4, 0.5) is 0 Å². The Kier molecular flexibility index (Phi) is 3.21. The molecular weight excluding hydrogens is 252 g/mol. The summed E-state index contributed by atoms with van der Waals surface area (Å²) in [5.41, 5.74) is 3.58. The van der Waals surface area contributed by atoms with Crippen molar-refractivity contribution in [1.82, 2.24) is 9.97 Å². The summed E-state index contributed by atoms with van der Waals surface area (Å²) in [5.74, 6) is 1.45. The molecule has 100 valence electrons. The highest BCUT2D eigenvalue weighted by atomic mass is 16.3. The third-order valence-electron chi connectivity index (χ3n) is 2.80. The lowest BCUT2D eigenvalue weighted by Gasteiger charge is -1.79. The second kappa shape index (κ2) is 5.17. The average Bonchev–Trinajstić information content (AvgIpc) is 2.99. The first-order valence-corrected chi connectivity index (χ1v) is 6.37. The van der Waals surface area contributed by atoms with E-state index < -0.39 is 0 Å². The molecule has 2 aromatic heterocycles. The number of benzene rings is 2. The van der Waals surface area contributed by atoms with Crippen LogP contribution in [-0.4, -0.2) is 9.97 Å². The van der Waals surface area contributed by atoms with Gasteiger partial charge in [-0.1, -0.05) is 24.3 Å². The second-order valence-corrected chi connectivity index (χ2v) is 4.40. The lowest BCUT2D eigenvalue weighted by Crippen LogP contribution is -1.65. The van der Waals surface area contributed by atoms with E-state index in [-0.39, 0.29) is 0 Å². The Balaban J connectivity index is 0.000000121. The van der Waals surface area contributed by atoms with Crippen LogP contribution in [0.15, 0.2) is 57.4 Å². The number of aryl methyl sites for hydroxylation is 2. The van der Waals surface area contributed by atoms with Crippen molar-refractivity contribution in [2.24, 2.45) is 0 Å². The van der Waals surface area contributed by atoms with Crippen molar-refractivity contribution in [3.63, 3.8) is 0 Å². The molecule has 4 rings (SSSR count). The minimum absolute atomic E-state index is 0.723. The highest BCUT2D eigenvalue weighted by molar-refractivity contribution is 5.72. The maximum Gasteiger partial charge on any atom is 0.192 e. The number of hydrogen-bond acceptors (Lipinski definition) is 4. The first-order chi connectivity index (χ1) is 9.72. The average molecular weight is 266 g/mol. The monoisotopic (exact) mass is 266 g/mol. The Hall–Kier alpha value is -2.62.